The molecule has 0 unspecified atom stereocenters. The van der Waals surface area contributed by atoms with E-state index in [1.54, 1.807) is 0 Å². The van der Waals surface area contributed by atoms with Crippen LogP contribution in [-0.4, -0.2) is 13.2 Å². The minimum atomic E-state index is 0.271. The van der Waals surface area contributed by atoms with Crippen LogP contribution < -0.4 is 9.47 Å². The molecule has 4 heteroatoms. The third-order valence-electron chi connectivity index (χ3n) is 2.73. The Bertz CT molecular complexity index is 465. The fourth-order valence-corrected chi connectivity index (χ4v) is 1.79. The molecule has 1 rings (SSSR count). The first-order valence-electron chi connectivity index (χ1n) is 6.92. The molecule has 0 saturated carbocycles. The normalized spacial score (nSPS) is 9.60. The van der Waals surface area contributed by atoms with Crippen LogP contribution in [0.5, 0.6) is 11.5 Å². The van der Waals surface area contributed by atoms with E-state index in [4.69, 9.17) is 20.0 Å². The van der Waals surface area contributed by atoms with Crippen molar-refractivity contribution in [2.75, 3.05) is 13.2 Å². The highest BCUT2D eigenvalue weighted by atomic mass is 16.5. The summed E-state index contributed by atoms with van der Waals surface area (Å²) in [5.74, 6) is 1.32. The van der Waals surface area contributed by atoms with Crippen LogP contribution in [0.1, 0.15) is 37.8 Å². The lowest BCUT2D eigenvalue weighted by molar-refractivity contribution is 0.268. The Hall–Kier alpha value is -2.20. The van der Waals surface area contributed by atoms with Gasteiger partial charge in [-0.05, 0) is 36.1 Å². The molecule has 0 aliphatic heterocycles. The maximum Gasteiger partial charge on any atom is 0.161 e. The van der Waals surface area contributed by atoms with Crippen LogP contribution in [0.25, 0.3) is 0 Å². The zero-order chi connectivity index (χ0) is 14.8. The van der Waals surface area contributed by atoms with Crippen molar-refractivity contribution in [3.05, 3.63) is 23.3 Å². The van der Waals surface area contributed by atoms with Gasteiger partial charge in [0.2, 0.25) is 0 Å². The fourth-order valence-electron chi connectivity index (χ4n) is 1.79. The highest BCUT2D eigenvalue weighted by Crippen LogP contribution is 2.32. The van der Waals surface area contributed by atoms with E-state index in [0.717, 1.165) is 24.0 Å². The number of rotatable bonds is 8. The molecule has 0 fully saturated rings. The standard InChI is InChI=1S/C16H20N2O2/c1-3-9-19-15-11-13(5-7-17)14(6-8-18)12-16(15)20-10-4-2/h11-12H,3-6,9-10H2,1-2H3. The Balaban J connectivity index is 3.13. The van der Waals surface area contributed by atoms with Gasteiger partial charge in [0.15, 0.2) is 11.5 Å². The number of hydrogen-bond donors (Lipinski definition) is 0. The van der Waals surface area contributed by atoms with Gasteiger partial charge in [0.1, 0.15) is 0 Å². The van der Waals surface area contributed by atoms with Gasteiger partial charge in [-0.1, -0.05) is 13.8 Å². The van der Waals surface area contributed by atoms with Crippen molar-refractivity contribution < 1.29 is 9.47 Å². The summed E-state index contributed by atoms with van der Waals surface area (Å²) in [6.45, 7) is 5.28. The van der Waals surface area contributed by atoms with Crippen molar-refractivity contribution in [1.82, 2.24) is 0 Å². The lowest BCUT2D eigenvalue weighted by Crippen LogP contribution is -2.04. The molecule has 1 aromatic carbocycles. The van der Waals surface area contributed by atoms with Crippen molar-refractivity contribution in [2.45, 2.75) is 39.5 Å². The first-order chi connectivity index (χ1) is 9.76. The Morgan fingerprint density at radius 3 is 1.55 bits per heavy atom. The number of nitriles is 2. The van der Waals surface area contributed by atoms with Crippen molar-refractivity contribution in [3.63, 3.8) is 0 Å². The third-order valence-corrected chi connectivity index (χ3v) is 2.73. The number of nitrogens with zero attached hydrogens (tertiary/aromatic N) is 2. The van der Waals surface area contributed by atoms with Crippen LogP contribution in [0.2, 0.25) is 0 Å². The first kappa shape index (κ1) is 15.9. The lowest BCUT2D eigenvalue weighted by Gasteiger charge is -2.15. The van der Waals surface area contributed by atoms with E-state index < -0.39 is 0 Å². The van der Waals surface area contributed by atoms with Crippen LogP contribution in [0, 0.1) is 22.7 Å². The maximum atomic E-state index is 8.89. The quantitative estimate of drug-likeness (QED) is 0.727. The molecule has 0 heterocycles. The molecule has 0 bridgehead atoms. The molecule has 0 aromatic heterocycles. The molecular weight excluding hydrogens is 252 g/mol. The smallest absolute Gasteiger partial charge is 0.161 e. The molecule has 0 N–H and O–H groups in total. The van der Waals surface area contributed by atoms with Crippen LogP contribution >= 0.6 is 0 Å². The number of ether oxygens (including phenoxy) is 2. The second-order valence-corrected chi connectivity index (χ2v) is 4.43. The monoisotopic (exact) mass is 272 g/mol. The number of benzene rings is 1. The molecule has 0 spiro atoms. The SMILES string of the molecule is CCCOc1cc(CC#N)c(CC#N)cc1OCCC. The van der Waals surface area contributed by atoms with Crippen molar-refractivity contribution in [3.8, 4) is 23.6 Å². The Morgan fingerprint density at radius 2 is 1.25 bits per heavy atom. The molecule has 4 nitrogen and oxygen atoms in total. The van der Waals surface area contributed by atoms with Crippen molar-refractivity contribution in [2.24, 2.45) is 0 Å². The van der Waals surface area contributed by atoms with E-state index in [-0.39, 0.29) is 12.8 Å². The van der Waals surface area contributed by atoms with Crippen LogP contribution in [0.3, 0.4) is 0 Å². The maximum absolute atomic E-state index is 8.89. The Labute approximate surface area is 120 Å². The van der Waals surface area contributed by atoms with Crippen LogP contribution in [0.15, 0.2) is 12.1 Å². The highest BCUT2D eigenvalue weighted by Gasteiger charge is 2.12. The molecule has 1 aromatic rings. The predicted molar refractivity (Wildman–Crippen MR) is 76.6 cm³/mol. The topological polar surface area (TPSA) is 66.0 Å². The summed E-state index contributed by atoms with van der Waals surface area (Å²) in [5.41, 5.74) is 1.67. The minimum Gasteiger partial charge on any atom is -0.490 e. The largest absolute Gasteiger partial charge is 0.490 e. The summed E-state index contributed by atoms with van der Waals surface area (Å²) in [4.78, 5) is 0. The van der Waals surface area contributed by atoms with E-state index in [1.165, 1.54) is 0 Å². The number of hydrogen-bond acceptors (Lipinski definition) is 4. The van der Waals surface area contributed by atoms with Crippen molar-refractivity contribution >= 4 is 0 Å². The van der Waals surface area contributed by atoms with E-state index in [0.29, 0.717) is 24.7 Å². The van der Waals surface area contributed by atoms with E-state index in [1.807, 2.05) is 26.0 Å². The van der Waals surface area contributed by atoms with Crippen LogP contribution in [0.4, 0.5) is 0 Å². The highest BCUT2D eigenvalue weighted by molar-refractivity contribution is 5.49. The van der Waals surface area contributed by atoms with Crippen LogP contribution in [-0.2, 0) is 12.8 Å². The van der Waals surface area contributed by atoms with Gasteiger partial charge in [-0.2, -0.15) is 10.5 Å². The predicted octanol–water partition coefficient (Wildman–Crippen LogP) is 3.40. The molecule has 0 aliphatic carbocycles. The Morgan fingerprint density at radius 1 is 0.850 bits per heavy atom. The Kier molecular flexibility index (Phi) is 7.00. The second-order valence-electron chi connectivity index (χ2n) is 4.43. The minimum absolute atomic E-state index is 0.271. The molecule has 20 heavy (non-hydrogen) atoms. The van der Waals surface area contributed by atoms with Gasteiger partial charge in [0.25, 0.3) is 0 Å². The zero-order valence-electron chi connectivity index (χ0n) is 12.1. The molecule has 0 amide bonds. The average molecular weight is 272 g/mol. The van der Waals surface area contributed by atoms with E-state index >= 15 is 0 Å². The second kappa shape index (κ2) is 8.82. The summed E-state index contributed by atoms with van der Waals surface area (Å²) >= 11 is 0. The molecule has 0 radical (unpaired) electrons. The molecular formula is C16H20N2O2. The lowest BCUT2D eigenvalue weighted by atomic mass is 10.0. The van der Waals surface area contributed by atoms with Gasteiger partial charge in [-0.15, -0.1) is 0 Å². The van der Waals surface area contributed by atoms with Gasteiger partial charge in [-0.3, -0.25) is 0 Å². The summed E-state index contributed by atoms with van der Waals surface area (Å²) < 4.78 is 11.4. The summed E-state index contributed by atoms with van der Waals surface area (Å²) in [7, 11) is 0. The third kappa shape index (κ3) is 4.48. The van der Waals surface area contributed by atoms with E-state index in [9.17, 15) is 0 Å². The van der Waals surface area contributed by atoms with E-state index in [2.05, 4.69) is 12.1 Å². The van der Waals surface area contributed by atoms with Crippen molar-refractivity contribution in [1.29, 1.82) is 10.5 Å². The first-order valence-corrected chi connectivity index (χ1v) is 6.92. The molecule has 0 saturated heterocycles. The summed E-state index contributed by atoms with van der Waals surface area (Å²) in [5, 5.41) is 17.8. The van der Waals surface area contributed by atoms with Gasteiger partial charge in [0, 0.05) is 0 Å². The molecule has 0 atom stereocenters. The zero-order valence-corrected chi connectivity index (χ0v) is 12.1. The molecule has 106 valence electrons. The van der Waals surface area contributed by atoms with Gasteiger partial charge in [-0.25, -0.2) is 0 Å². The molecule has 0 aliphatic rings. The van der Waals surface area contributed by atoms with Gasteiger partial charge in [0.05, 0.1) is 38.2 Å². The summed E-state index contributed by atoms with van der Waals surface area (Å²) in [6.07, 6.45) is 2.35. The summed E-state index contributed by atoms with van der Waals surface area (Å²) in [6, 6.07) is 7.91. The van der Waals surface area contributed by atoms with Gasteiger partial charge >= 0.3 is 0 Å². The fraction of sp³-hybridized carbons (Fsp3) is 0.500. The van der Waals surface area contributed by atoms with Gasteiger partial charge < -0.3 is 9.47 Å². The average Bonchev–Trinajstić information content (AvgIpc) is 2.46.